The Morgan fingerprint density at radius 3 is 2.38 bits per heavy atom. The Morgan fingerprint density at radius 2 is 1.64 bits per heavy atom. The van der Waals surface area contributed by atoms with Crippen molar-refractivity contribution >= 4 is 28.2 Å². The van der Waals surface area contributed by atoms with Crippen molar-refractivity contribution in [2.45, 2.75) is 38.0 Å². The normalized spacial score (nSPS) is 16.2. The maximum absolute atomic E-state index is 11.6. The third kappa shape index (κ3) is 5.94. The SMILES string of the molecule is COc1ccc(Cn2c(CCc3c[nH]c4ccccc34)nnc2C(Cc2c[nH]c3ccccc23)N2CCNC[C@@H]2N[C]=O)cc1. The van der Waals surface area contributed by atoms with Crippen molar-refractivity contribution in [2.75, 3.05) is 26.7 Å². The summed E-state index contributed by atoms with van der Waals surface area (Å²) in [6.45, 7) is 2.79. The fourth-order valence-electron chi connectivity index (χ4n) is 6.61. The Hall–Kier alpha value is -4.93. The number of aryl methyl sites for hydroxylation is 2. The summed E-state index contributed by atoms with van der Waals surface area (Å²) in [5, 5.41) is 18.5. The van der Waals surface area contributed by atoms with Crippen LogP contribution in [0.4, 0.5) is 0 Å². The number of H-pyrrole nitrogens is 2. The van der Waals surface area contributed by atoms with Crippen LogP contribution in [0.1, 0.15) is 34.4 Å². The molecule has 3 aromatic carbocycles. The topological polar surface area (TPSA) is 116 Å². The van der Waals surface area contributed by atoms with Gasteiger partial charge in [0.1, 0.15) is 11.6 Å². The van der Waals surface area contributed by atoms with Gasteiger partial charge >= 0.3 is 6.41 Å². The Balaban J connectivity index is 1.29. The highest BCUT2D eigenvalue weighted by Crippen LogP contribution is 2.31. The summed E-state index contributed by atoms with van der Waals surface area (Å²) in [6, 6.07) is 24.8. The molecule has 2 atom stereocenters. The van der Waals surface area contributed by atoms with E-state index >= 15 is 0 Å². The number of ether oxygens (including phenoxy) is 1. The van der Waals surface area contributed by atoms with Crippen LogP contribution >= 0.6 is 0 Å². The molecule has 7 rings (SSSR count). The van der Waals surface area contributed by atoms with E-state index in [0.717, 1.165) is 59.9 Å². The van der Waals surface area contributed by atoms with Gasteiger partial charge in [-0.25, -0.2) is 0 Å². The molecule has 3 aromatic heterocycles. The maximum Gasteiger partial charge on any atom is 0.310 e. The second-order valence-corrected chi connectivity index (χ2v) is 11.6. The largest absolute Gasteiger partial charge is 0.497 e. The Kier molecular flexibility index (Phi) is 8.31. The Bertz CT molecular complexity index is 1890. The molecule has 10 heteroatoms. The predicted molar refractivity (Wildman–Crippen MR) is 175 cm³/mol. The number of benzene rings is 3. The number of nitrogens with one attached hydrogen (secondary N) is 4. The zero-order chi connectivity index (χ0) is 30.6. The lowest BCUT2D eigenvalue weighted by Crippen LogP contribution is -2.59. The molecule has 0 spiro atoms. The molecule has 0 aliphatic carbocycles. The Morgan fingerprint density at radius 1 is 0.933 bits per heavy atom. The van der Waals surface area contributed by atoms with Gasteiger partial charge in [0.05, 0.1) is 25.9 Å². The van der Waals surface area contributed by atoms with Gasteiger partial charge in [0.15, 0.2) is 5.82 Å². The van der Waals surface area contributed by atoms with Crippen LogP contribution in [0.5, 0.6) is 5.75 Å². The molecule has 1 aliphatic heterocycles. The van der Waals surface area contributed by atoms with E-state index in [1.807, 2.05) is 24.6 Å². The van der Waals surface area contributed by atoms with Gasteiger partial charge in [0.25, 0.3) is 0 Å². The molecule has 1 amide bonds. The molecule has 45 heavy (non-hydrogen) atoms. The van der Waals surface area contributed by atoms with Crippen molar-refractivity contribution in [3.8, 4) is 5.75 Å². The summed E-state index contributed by atoms with van der Waals surface area (Å²) in [4.78, 5) is 20.8. The zero-order valence-corrected chi connectivity index (χ0v) is 25.3. The van der Waals surface area contributed by atoms with E-state index < -0.39 is 0 Å². The summed E-state index contributed by atoms with van der Waals surface area (Å²) in [5.74, 6) is 2.63. The highest BCUT2D eigenvalue weighted by atomic mass is 16.5. The number of aromatic nitrogens is 5. The van der Waals surface area contributed by atoms with Gasteiger partial charge in [0.2, 0.25) is 0 Å². The van der Waals surface area contributed by atoms with Crippen LogP contribution in [0.25, 0.3) is 21.8 Å². The molecule has 10 nitrogen and oxygen atoms in total. The molecule has 1 unspecified atom stereocenters. The lowest BCUT2D eigenvalue weighted by molar-refractivity contribution is 0.0884. The van der Waals surface area contributed by atoms with Crippen molar-refractivity contribution in [1.82, 2.24) is 40.3 Å². The van der Waals surface area contributed by atoms with Gasteiger partial charge in [-0.1, -0.05) is 48.5 Å². The van der Waals surface area contributed by atoms with Crippen molar-refractivity contribution < 1.29 is 9.53 Å². The lowest BCUT2D eigenvalue weighted by Gasteiger charge is -2.40. The first kappa shape index (κ1) is 28.8. The zero-order valence-electron chi connectivity index (χ0n) is 25.3. The van der Waals surface area contributed by atoms with Gasteiger partial charge in [0, 0.05) is 60.3 Å². The maximum atomic E-state index is 11.6. The first-order valence-corrected chi connectivity index (χ1v) is 15.5. The van der Waals surface area contributed by atoms with E-state index in [2.05, 4.69) is 97.1 Å². The molecule has 0 saturated carbocycles. The van der Waals surface area contributed by atoms with Crippen molar-refractivity contribution in [2.24, 2.45) is 0 Å². The fraction of sp³-hybridized carbons (Fsp3) is 0.286. The highest BCUT2D eigenvalue weighted by Gasteiger charge is 2.34. The number of hydrogen-bond acceptors (Lipinski definition) is 6. The summed E-state index contributed by atoms with van der Waals surface area (Å²) in [7, 11) is 1.68. The summed E-state index contributed by atoms with van der Waals surface area (Å²) < 4.78 is 7.70. The third-order valence-corrected chi connectivity index (χ3v) is 8.95. The van der Waals surface area contributed by atoms with E-state index in [9.17, 15) is 4.79 Å². The molecule has 1 saturated heterocycles. The number of piperazine rings is 1. The Labute approximate surface area is 261 Å². The molecule has 229 valence electrons. The van der Waals surface area contributed by atoms with Crippen LogP contribution in [0.15, 0.2) is 85.2 Å². The molecule has 0 bridgehead atoms. The average Bonchev–Trinajstić information content (AvgIpc) is 3.81. The summed E-state index contributed by atoms with van der Waals surface area (Å²) in [6.07, 6.45) is 8.16. The molecule has 1 aliphatic rings. The van der Waals surface area contributed by atoms with Gasteiger partial charge in [-0.15, -0.1) is 10.2 Å². The number of nitrogens with zero attached hydrogens (tertiary/aromatic N) is 4. The molecule has 1 fully saturated rings. The predicted octanol–water partition coefficient (Wildman–Crippen LogP) is 4.25. The summed E-state index contributed by atoms with van der Waals surface area (Å²) >= 11 is 0. The van der Waals surface area contributed by atoms with E-state index in [-0.39, 0.29) is 12.2 Å². The smallest absolute Gasteiger partial charge is 0.310 e. The van der Waals surface area contributed by atoms with Gasteiger partial charge in [-0.3, -0.25) is 9.69 Å². The molecule has 6 aromatic rings. The van der Waals surface area contributed by atoms with Crippen molar-refractivity contribution in [3.05, 3.63) is 114 Å². The first-order valence-electron chi connectivity index (χ1n) is 15.5. The van der Waals surface area contributed by atoms with Crippen LogP contribution in [-0.2, 0) is 30.6 Å². The number of rotatable bonds is 12. The average molecular weight is 602 g/mol. The third-order valence-electron chi connectivity index (χ3n) is 8.95. The number of aromatic amines is 2. The lowest BCUT2D eigenvalue weighted by atomic mass is 10.0. The minimum Gasteiger partial charge on any atom is -0.497 e. The van der Waals surface area contributed by atoms with Gasteiger partial charge in [-0.2, -0.15) is 0 Å². The number of carbonyl (C=O) groups excluding carboxylic acids is 1. The monoisotopic (exact) mass is 601 g/mol. The number of para-hydroxylation sites is 2. The standard InChI is InChI=1S/C35H37N8O2/c1-45-27-13-10-24(11-14-27)22-43-33(15-12-25-19-37-30-8-4-2-6-28(25)30)40-41-35(43)32(42-17-16-36-21-34(42)39-23-44)18-26-20-38-31-9-5-3-7-29(26)31/h2-11,13-14,19-20,32,34,36-38H,12,15-18,21-22H2,1H3,(H,39,44)/t32?,34-/m1/s1. The molecule has 4 heterocycles. The van der Waals surface area contributed by atoms with Crippen LogP contribution in [-0.4, -0.2) is 69.0 Å². The van der Waals surface area contributed by atoms with Gasteiger partial charge in [-0.05, 0) is 53.8 Å². The van der Waals surface area contributed by atoms with E-state index in [4.69, 9.17) is 14.9 Å². The van der Waals surface area contributed by atoms with Crippen LogP contribution in [0.2, 0.25) is 0 Å². The van der Waals surface area contributed by atoms with Crippen LogP contribution in [0, 0.1) is 0 Å². The van der Waals surface area contributed by atoms with E-state index in [0.29, 0.717) is 19.5 Å². The second-order valence-electron chi connectivity index (χ2n) is 11.6. The molecular formula is C35H37N8O2. The number of methoxy groups -OCH3 is 1. The second kappa shape index (κ2) is 13.0. The quantitative estimate of drug-likeness (QED) is 0.156. The number of fused-ring (bicyclic) bond motifs is 2. The van der Waals surface area contributed by atoms with Crippen LogP contribution in [0.3, 0.4) is 0 Å². The fourth-order valence-corrected chi connectivity index (χ4v) is 6.61. The first-order chi connectivity index (χ1) is 22.2. The van der Waals surface area contributed by atoms with Crippen molar-refractivity contribution in [1.29, 1.82) is 0 Å². The highest BCUT2D eigenvalue weighted by molar-refractivity contribution is 5.83. The minimum atomic E-state index is -0.229. The molecule has 1 radical (unpaired) electrons. The molecule has 4 N–H and O–H groups in total. The summed E-state index contributed by atoms with van der Waals surface area (Å²) in [5.41, 5.74) is 5.82. The van der Waals surface area contributed by atoms with E-state index in [1.54, 1.807) is 7.11 Å². The number of hydrogen-bond donors (Lipinski definition) is 4. The number of amides is 1. The van der Waals surface area contributed by atoms with E-state index in [1.165, 1.54) is 21.9 Å². The van der Waals surface area contributed by atoms with Crippen LogP contribution < -0.4 is 15.4 Å². The van der Waals surface area contributed by atoms with Crippen molar-refractivity contribution in [3.63, 3.8) is 0 Å². The molecular weight excluding hydrogens is 564 g/mol. The van der Waals surface area contributed by atoms with Gasteiger partial charge < -0.3 is 29.9 Å². The minimum absolute atomic E-state index is 0.148.